The largest absolute Gasteiger partial charge is 0.381 e. The van der Waals surface area contributed by atoms with Gasteiger partial charge in [-0.05, 0) is 18.6 Å². The summed E-state index contributed by atoms with van der Waals surface area (Å²) < 4.78 is 6.54. The minimum atomic E-state index is -0.326. The van der Waals surface area contributed by atoms with Crippen LogP contribution in [0.15, 0.2) is 16.9 Å². The van der Waals surface area contributed by atoms with Crippen molar-refractivity contribution in [2.45, 2.75) is 6.42 Å². The highest BCUT2D eigenvalue weighted by molar-refractivity contribution is 5.42. The van der Waals surface area contributed by atoms with Crippen LogP contribution in [0.3, 0.4) is 0 Å². The number of hydrogen-bond donors (Lipinski definition) is 2. The Kier molecular flexibility index (Phi) is 2.52. The van der Waals surface area contributed by atoms with Crippen molar-refractivity contribution >= 4 is 11.5 Å². The molecule has 3 heterocycles. The zero-order valence-electron chi connectivity index (χ0n) is 9.22. The Hall–Kier alpha value is -1.89. The van der Waals surface area contributed by atoms with Gasteiger partial charge in [-0.3, -0.25) is 0 Å². The summed E-state index contributed by atoms with van der Waals surface area (Å²) >= 11 is 0. The van der Waals surface area contributed by atoms with Crippen LogP contribution in [0.5, 0.6) is 0 Å². The van der Waals surface area contributed by atoms with Crippen LogP contribution < -0.4 is 11.0 Å². The van der Waals surface area contributed by atoms with E-state index in [1.165, 1.54) is 4.52 Å². The lowest BCUT2D eigenvalue weighted by Gasteiger charge is -2.09. The summed E-state index contributed by atoms with van der Waals surface area (Å²) in [6.45, 7) is 2.44. The lowest BCUT2D eigenvalue weighted by molar-refractivity contribution is 0.187. The molecule has 3 rings (SSSR count). The molecule has 17 heavy (non-hydrogen) atoms. The average molecular weight is 235 g/mol. The maximum absolute atomic E-state index is 11.3. The molecule has 7 heteroatoms. The molecule has 1 atom stereocenters. The first-order valence-electron chi connectivity index (χ1n) is 5.59. The smallest absolute Gasteiger partial charge is 0.364 e. The highest BCUT2D eigenvalue weighted by Crippen LogP contribution is 2.13. The fourth-order valence-corrected chi connectivity index (χ4v) is 1.89. The summed E-state index contributed by atoms with van der Waals surface area (Å²) in [4.78, 5) is 11.3. The first-order chi connectivity index (χ1) is 8.33. The third kappa shape index (κ3) is 2.01. The van der Waals surface area contributed by atoms with E-state index in [-0.39, 0.29) is 5.69 Å². The molecule has 0 bridgehead atoms. The SMILES string of the molecule is O=c1[nH]nc2ccc(NCC3CCOC3)nn12. The molecule has 0 saturated carbocycles. The topological polar surface area (TPSA) is 84.3 Å². The molecule has 0 spiro atoms. The molecule has 7 nitrogen and oxygen atoms in total. The predicted molar refractivity (Wildman–Crippen MR) is 61.0 cm³/mol. The number of fused-ring (bicyclic) bond motifs is 1. The van der Waals surface area contributed by atoms with E-state index >= 15 is 0 Å². The molecule has 1 unspecified atom stereocenters. The minimum absolute atomic E-state index is 0.326. The first-order valence-corrected chi connectivity index (χ1v) is 5.59. The number of ether oxygens (including phenoxy) is 1. The fraction of sp³-hybridized carbons (Fsp3) is 0.500. The quantitative estimate of drug-likeness (QED) is 0.774. The summed E-state index contributed by atoms with van der Waals surface area (Å²) in [7, 11) is 0. The number of nitrogens with one attached hydrogen (secondary N) is 2. The van der Waals surface area contributed by atoms with Gasteiger partial charge in [0, 0.05) is 19.1 Å². The number of nitrogens with zero attached hydrogens (tertiary/aromatic N) is 3. The van der Waals surface area contributed by atoms with Crippen molar-refractivity contribution in [3.8, 4) is 0 Å². The minimum Gasteiger partial charge on any atom is -0.381 e. The van der Waals surface area contributed by atoms with Gasteiger partial charge < -0.3 is 10.1 Å². The van der Waals surface area contributed by atoms with Crippen molar-refractivity contribution in [2.24, 2.45) is 5.92 Å². The van der Waals surface area contributed by atoms with Gasteiger partial charge in [-0.15, -0.1) is 5.10 Å². The molecule has 0 aliphatic carbocycles. The molecular weight excluding hydrogens is 222 g/mol. The van der Waals surface area contributed by atoms with Crippen LogP contribution in [-0.2, 0) is 4.74 Å². The number of aromatic amines is 1. The molecule has 0 aromatic carbocycles. The fourth-order valence-electron chi connectivity index (χ4n) is 1.89. The van der Waals surface area contributed by atoms with Crippen molar-refractivity contribution in [3.63, 3.8) is 0 Å². The van der Waals surface area contributed by atoms with Crippen LogP contribution in [0.2, 0.25) is 0 Å². The van der Waals surface area contributed by atoms with E-state index in [0.29, 0.717) is 17.4 Å². The second-order valence-corrected chi connectivity index (χ2v) is 4.13. The number of hydrogen-bond acceptors (Lipinski definition) is 5. The van der Waals surface area contributed by atoms with Gasteiger partial charge in [0.2, 0.25) is 0 Å². The highest BCUT2D eigenvalue weighted by atomic mass is 16.5. The summed E-state index contributed by atoms with van der Waals surface area (Å²) in [5, 5.41) is 13.5. The number of anilines is 1. The molecule has 2 aromatic rings. The summed E-state index contributed by atoms with van der Waals surface area (Å²) in [5.41, 5.74) is 0.192. The monoisotopic (exact) mass is 235 g/mol. The van der Waals surface area contributed by atoms with Gasteiger partial charge in [-0.2, -0.15) is 9.61 Å². The highest BCUT2D eigenvalue weighted by Gasteiger charge is 2.15. The molecule has 1 fully saturated rings. The Balaban J connectivity index is 1.75. The van der Waals surface area contributed by atoms with Gasteiger partial charge in [0.25, 0.3) is 0 Å². The Morgan fingerprint density at radius 2 is 2.53 bits per heavy atom. The molecule has 0 amide bonds. The zero-order chi connectivity index (χ0) is 11.7. The van der Waals surface area contributed by atoms with Crippen LogP contribution in [0.4, 0.5) is 5.82 Å². The summed E-state index contributed by atoms with van der Waals surface area (Å²) in [6, 6.07) is 3.56. The Morgan fingerprint density at radius 1 is 1.59 bits per heavy atom. The Labute approximate surface area is 96.8 Å². The van der Waals surface area contributed by atoms with Crippen molar-refractivity contribution < 1.29 is 4.74 Å². The average Bonchev–Trinajstić information content (AvgIpc) is 2.97. The predicted octanol–water partition coefficient (Wildman–Crippen LogP) is -0.134. The molecule has 1 aliphatic rings. The van der Waals surface area contributed by atoms with Gasteiger partial charge in [0.15, 0.2) is 5.65 Å². The summed E-state index contributed by atoms with van der Waals surface area (Å²) in [6.07, 6.45) is 1.07. The second-order valence-electron chi connectivity index (χ2n) is 4.13. The van der Waals surface area contributed by atoms with E-state index < -0.39 is 0 Å². The van der Waals surface area contributed by atoms with Gasteiger partial charge in [0.1, 0.15) is 5.82 Å². The van der Waals surface area contributed by atoms with E-state index in [9.17, 15) is 4.79 Å². The third-order valence-corrected chi connectivity index (χ3v) is 2.87. The van der Waals surface area contributed by atoms with Crippen molar-refractivity contribution in [1.82, 2.24) is 19.8 Å². The van der Waals surface area contributed by atoms with Crippen LogP contribution in [0.25, 0.3) is 5.65 Å². The van der Waals surface area contributed by atoms with E-state index in [1.807, 2.05) is 6.07 Å². The second kappa shape index (κ2) is 4.17. The van der Waals surface area contributed by atoms with E-state index in [1.54, 1.807) is 6.07 Å². The van der Waals surface area contributed by atoms with Crippen LogP contribution in [0.1, 0.15) is 6.42 Å². The maximum atomic E-state index is 11.3. The molecule has 2 aromatic heterocycles. The molecule has 1 aliphatic heterocycles. The number of H-pyrrole nitrogens is 1. The normalized spacial score (nSPS) is 19.9. The standard InChI is InChI=1S/C10H13N5O2/c16-10-13-12-9-2-1-8(14-15(9)10)11-5-7-3-4-17-6-7/h1-2,7H,3-6H2,(H,11,14)(H,13,16). The molecule has 2 N–H and O–H groups in total. The maximum Gasteiger partial charge on any atom is 0.364 e. The van der Waals surface area contributed by atoms with Crippen LogP contribution >= 0.6 is 0 Å². The number of aromatic nitrogens is 4. The van der Waals surface area contributed by atoms with Gasteiger partial charge in [-0.1, -0.05) is 0 Å². The number of rotatable bonds is 3. The van der Waals surface area contributed by atoms with Gasteiger partial charge in [-0.25, -0.2) is 9.89 Å². The summed E-state index contributed by atoms with van der Waals surface area (Å²) in [5.74, 6) is 1.20. The molecule has 0 radical (unpaired) electrons. The van der Waals surface area contributed by atoms with Gasteiger partial charge >= 0.3 is 5.69 Å². The van der Waals surface area contributed by atoms with Crippen LogP contribution in [0, 0.1) is 5.92 Å². The lowest BCUT2D eigenvalue weighted by Crippen LogP contribution is -2.17. The van der Waals surface area contributed by atoms with Crippen molar-refractivity contribution in [1.29, 1.82) is 0 Å². The molecular formula is C10H13N5O2. The Bertz CT molecular complexity index is 569. The third-order valence-electron chi connectivity index (χ3n) is 2.87. The first kappa shape index (κ1) is 10.3. The zero-order valence-corrected chi connectivity index (χ0v) is 9.22. The van der Waals surface area contributed by atoms with E-state index in [2.05, 4.69) is 20.6 Å². The van der Waals surface area contributed by atoms with E-state index in [4.69, 9.17) is 4.74 Å². The van der Waals surface area contributed by atoms with Crippen molar-refractivity contribution in [2.75, 3.05) is 25.1 Å². The van der Waals surface area contributed by atoms with Crippen molar-refractivity contribution in [3.05, 3.63) is 22.6 Å². The van der Waals surface area contributed by atoms with Crippen LogP contribution in [-0.4, -0.2) is 39.6 Å². The molecule has 1 saturated heterocycles. The Morgan fingerprint density at radius 3 is 3.35 bits per heavy atom. The lowest BCUT2D eigenvalue weighted by atomic mass is 10.1. The van der Waals surface area contributed by atoms with E-state index in [0.717, 1.165) is 26.2 Å². The molecule has 90 valence electrons. The van der Waals surface area contributed by atoms with Gasteiger partial charge in [0.05, 0.1) is 6.61 Å².